The number of anilines is 1. The Labute approximate surface area is 189 Å². The van der Waals surface area contributed by atoms with Crippen LogP contribution in [-0.4, -0.2) is 33.6 Å². The summed E-state index contributed by atoms with van der Waals surface area (Å²) in [5.74, 6) is 2.43. The van der Waals surface area contributed by atoms with Crippen molar-refractivity contribution in [1.29, 1.82) is 0 Å². The van der Waals surface area contributed by atoms with E-state index in [2.05, 4.69) is 27.4 Å². The minimum Gasteiger partial charge on any atom is -0.484 e. The zero-order valence-electron chi connectivity index (χ0n) is 17.7. The van der Waals surface area contributed by atoms with Gasteiger partial charge < -0.3 is 19.8 Å². The van der Waals surface area contributed by atoms with Crippen LogP contribution < -0.4 is 14.8 Å². The summed E-state index contributed by atoms with van der Waals surface area (Å²) in [4.78, 5) is 24.0. The van der Waals surface area contributed by atoms with Crippen molar-refractivity contribution >= 4 is 34.4 Å². The lowest BCUT2D eigenvalue weighted by Gasteiger charge is -2.26. The van der Waals surface area contributed by atoms with Crippen LogP contribution in [0.5, 0.6) is 11.5 Å². The van der Waals surface area contributed by atoms with Crippen LogP contribution in [-0.2, 0) is 10.5 Å². The molecule has 0 radical (unpaired) electrons. The molecule has 4 heterocycles. The molecule has 32 heavy (non-hydrogen) atoms. The first-order valence-electron chi connectivity index (χ1n) is 10.3. The van der Waals surface area contributed by atoms with Crippen LogP contribution in [0.1, 0.15) is 19.4 Å². The normalized spacial score (nSPS) is 15.0. The van der Waals surface area contributed by atoms with Crippen molar-refractivity contribution in [2.75, 3.05) is 11.9 Å². The molecule has 1 aliphatic rings. The van der Waals surface area contributed by atoms with Crippen molar-refractivity contribution in [3.63, 3.8) is 0 Å². The molecule has 2 N–H and O–H groups in total. The van der Waals surface area contributed by atoms with Gasteiger partial charge in [0.15, 0.2) is 11.5 Å². The minimum atomic E-state index is -0.172. The fourth-order valence-electron chi connectivity index (χ4n) is 3.62. The Kier molecular flexibility index (Phi) is 5.45. The summed E-state index contributed by atoms with van der Waals surface area (Å²) in [5.41, 5.74) is 3.64. The number of rotatable bonds is 5. The topological polar surface area (TPSA) is 89.1 Å². The third kappa shape index (κ3) is 4.13. The summed E-state index contributed by atoms with van der Waals surface area (Å²) in [6, 6.07) is 14.1. The van der Waals surface area contributed by atoms with Crippen LogP contribution in [0.25, 0.3) is 22.2 Å². The number of aromatic nitrogens is 3. The fraction of sp³-hybridized carbons (Fsp3) is 0.208. The number of nitrogens with zero attached hydrogens (tertiary/aromatic N) is 2. The van der Waals surface area contributed by atoms with Gasteiger partial charge >= 0.3 is 0 Å². The number of nitrogens with one attached hydrogen (secondary N) is 2. The van der Waals surface area contributed by atoms with E-state index in [0.717, 1.165) is 27.2 Å². The summed E-state index contributed by atoms with van der Waals surface area (Å²) in [5, 5.41) is 4.49. The number of benzene rings is 1. The van der Waals surface area contributed by atoms with Crippen molar-refractivity contribution in [2.24, 2.45) is 0 Å². The van der Waals surface area contributed by atoms with Gasteiger partial charge in [-0.1, -0.05) is 30.3 Å². The number of carbonyl (C=O) groups excluding carboxylic acids is 1. The van der Waals surface area contributed by atoms with Crippen molar-refractivity contribution in [1.82, 2.24) is 15.0 Å². The smallest absolute Gasteiger partial charge is 0.222 e. The zero-order chi connectivity index (χ0) is 22.1. The van der Waals surface area contributed by atoms with Crippen molar-refractivity contribution in [2.45, 2.75) is 30.7 Å². The first-order valence-corrected chi connectivity index (χ1v) is 11.3. The number of hydrogen-bond acceptors (Lipinski definition) is 6. The van der Waals surface area contributed by atoms with Gasteiger partial charge in [-0.3, -0.25) is 4.79 Å². The highest BCUT2D eigenvalue weighted by Crippen LogP contribution is 2.44. The second kappa shape index (κ2) is 8.55. The average molecular weight is 447 g/mol. The maximum absolute atomic E-state index is 11.5. The van der Waals surface area contributed by atoms with Crippen LogP contribution in [0.4, 0.5) is 5.82 Å². The molecule has 0 saturated carbocycles. The number of thioether (sulfide) groups is 1. The van der Waals surface area contributed by atoms with Crippen LogP contribution in [0, 0.1) is 0 Å². The molecule has 1 atom stereocenters. The number of ether oxygens (including phenoxy) is 2. The van der Waals surface area contributed by atoms with E-state index in [9.17, 15) is 4.79 Å². The molecule has 1 aromatic carbocycles. The Balaban J connectivity index is 1.58. The SMILES string of the molecule is CC(=O)Nc1cc2c(-c3nc(SCc4ccccc4)cc4c3OCC(C)O4)c[nH]c2cn1. The van der Waals surface area contributed by atoms with E-state index in [0.29, 0.717) is 29.6 Å². The number of aromatic amines is 1. The Morgan fingerprint density at radius 3 is 2.94 bits per heavy atom. The molecular formula is C24H22N4O3S. The third-order valence-corrected chi connectivity index (χ3v) is 6.04. The third-order valence-electron chi connectivity index (χ3n) is 5.06. The van der Waals surface area contributed by atoms with Gasteiger partial charge in [-0.15, -0.1) is 11.8 Å². The Morgan fingerprint density at radius 1 is 1.28 bits per heavy atom. The van der Waals surface area contributed by atoms with Gasteiger partial charge in [0.1, 0.15) is 29.2 Å². The van der Waals surface area contributed by atoms with Crippen LogP contribution >= 0.6 is 11.8 Å². The molecule has 4 aromatic rings. The number of hydrogen-bond donors (Lipinski definition) is 2. The first kappa shape index (κ1) is 20.4. The summed E-state index contributed by atoms with van der Waals surface area (Å²) in [6.07, 6.45) is 3.55. The molecule has 8 heteroatoms. The van der Waals surface area contributed by atoms with E-state index in [1.807, 2.05) is 43.5 Å². The largest absolute Gasteiger partial charge is 0.484 e. The molecule has 1 unspecified atom stereocenters. The highest BCUT2D eigenvalue weighted by atomic mass is 32.2. The zero-order valence-corrected chi connectivity index (χ0v) is 18.5. The lowest BCUT2D eigenvalue weighted by molar-refractivity contribution is -0.114. The number of amides is 1. The number of H-pyrrole nitrogens is 1. The maximum Gasteiger partial charge on any atom is 0.222 e. The summed E-state index contributed by atoms with van der Waals surface area (Å²) in [6.45, 7) is 3.90. The summed E-state index contributed by atoms with van der Waals surface area (Å²) >= 11 is 1.65. The van der Waals surface area contributed by atoms with E-state index in [1.54, 1.807) is 18.0 Å². The molecule has 0 bridgehead atoms. The van der Waals surface area contributed by atoms with Gasteiger partial charge in [-0.05, 0) is 18.6 Å². The van der Waals surface area contributed by atoms with Crippen molar-refractivity contribution < 1.29 is 14.3 Å². The average Bonchev–Trinajstić information content (AvgIpc) is 3.20. The molecule has 0 saturated heterocycles. The number of fused-ring (bicyclic) bond motifs is 2. The molecule has 0 spiro atoms. The van der Waals surface area contributed by atoms with Crippen LogP contribution in [0.2, 0.25) is 0 Å². The van der Waals surface area contributed by atoms with Crippen LogP contribution in [0.15, 0.2) is 59.9 Å². The highest BCUT2D eigenvalue weighted by Gasteiger charge is 2.25. The van der Waals surface area contributed by atoms with E-state index in [1.165, 1.54) is 12.5 Å². The highest BCUT2D eigenvalue weighted by molar-refractivity contribution is 7.98. The van der Waals surface area contributed by atoms with Gasteiger partial charge in [-0.2, -0.15) is 0 Å². The van der Waals surface area contributed by atoms with E-state index < -0.39 is 0 Å². The Morgan fingerprint density at radius 2 is 2.12 bits per heavy atom. The summed E-state index contributed by atoms with van der Waals surface area (Å²) < 4.78 is 12.1. The maximum atomic E-state index is 11.5. The van der Waals surface area contributed by atoms with Crippen molar-refractivity contribution in [3.8, 4) is 22.8 Å². The molecule has 1 aliphatic heterocycles. The first-order chi connectivity index (χ1) is 15.6. The molecule has 162 valence electrons. The van der Waals surface area contributed by atoms with Crippen LogP contribution in [0.3, 0.4) is 0 Å². The van der Waals surface area contributed by atoms with E-state index in [4.69, 9.17) is 14.5 Å². The molecule has 0 aliphatic carbocycles. The molecule has 3 aromatic heterocycles. The molecular weight excluding hydrogens is 424 g/mol. The van der Waals surface area contributed by atoms with Gasteiger partial charge in [-0.25, -0.2) is 9.97 Å². The Hall–Kier alpha value is -3.52. The standard InChI is InChI=1S/C24H22N4O3S/c1-14-12-30-24-20(31-14)9-22(32-13-16-6-4-3-5-7-16)28-23(24)18-10-25-19-11-26-21(8-17(18)19)27-15(2)29/h3-11,14,25H,12-13H2,1-2H3,(H,26,27,29). The number of pyridine rings is 2. The summed E-state index contributed by atoms with van der Waals surface area (Å²) in [7, 11) is 0. The minimum absolute atomic E-state index is 0.0386. The predicted molar refractivity (Wildman–Crippen MR) is 125 cm³/mol. The molecule has 5 rings (SSSR count). The van der Waals surface area contributed by atoms with Gasteiger partial charge in [0.2, 0.25) is 5.91 Å². The predicted octanol–water partition coefficient (Wildman–Crippen LogP) is 5.04. The van der Waals surface area contributed by atoms with Gasteiger partial charge in [0.05, 0.1) is 11.7 Å². The quantitative estimate of drug-likeness (QED) is 0.418. The van der Waals surface area contributed by atoms with E-state index in [-0.39, 0.29) is 12.0 Å². The fourth-order valence-corrected chi connectivity index (χ4v) is 4.47. The van der Waals surface area contributed by atoms with Gasteiger partial charge in [0.25, 0.3) is 0 Å². The number of carbonyl (C=O) groups is 1. The second-order valence-corrected chi connectivity index (χ2v) is 8.64. The molecule has 1 amide bonds. The molecule has 0 fully saturated rings. The van der Waals surface area contributed by atoms with Crippen molar-refractivity contribution in [3.05, 3.63) is 60.4 Å². The lowest BCUT2D eigenvalue weighted by atomic mass is 10.1. The van der Waals surface area contributed by atoms with E-state index >= 15 is 0 Å². The molecule has 7 nitrogen and oxygen atoms in total. The second-order valence-electron chi connectivity index (χ2n) is 7.65. The lowest BCUT2D eigenvalue weighted by Crippen LogP contribution is -2.26. The monoisotopic (exact) mass is 446 g/mol. The Bertz CT molecular complexity index is 1290. The van der Waals surface area contributed by atoms with Gasteiger partial charge in [0, 0.05) is 35.9 Å².